The molecule has 0 saturated heterocycles. The van der Waals surface area contributed by atoms with Crippen LogP contribution in [0.25, 0.3) is 0 Å². The number of anilines is 1. The normalized spacial score (nSPS) is 10.5. The van der Waals surface area contributed by atoms with E-state index in [1.54, 1.807) is 19.2 Å². The van der Waals surface area contributed by atoms with Gasteiger partial charge in [0.05, 0.1) is 0 Å². The molecule has 0 aromatic carbocycles. The van der Waals surface area contributed by atoms with Crippen LogP contribution in [0.4, 0.5) is 5.13 Å². The number of furan rings is 1. The van der Waals surface area contributed by atoms with Crippen molar-refractivity contribution in [3.63, 3.8) is 0 Å². The summed E-state index contributed by atoms with van der Waals surface area (Å²) in [6.45, 7) is 0.318. The Kier molecular flexibility index (Phi) is 3.87. The number of hydrogen-bond donors (Lipinski definition) is 1. The van der Waals surface area contributed by atoms with Crippen LogP contribution in [-0.4, -0.2) is 22.4 Å². The van der Waals surface area contributed by atoms with Crippen LogP contribution in [0.1, 0.15) is 16.4 Å². The zero-order valence-corrected chi connectivity index (χ0v) is 11.2. The van der Waals surface area contributed by atoms with Crippen molar-refractivity contribution >= 4 is 38.5 Å². The largest absolute Gasteiger partial charge is 0.444 e. The lowest BCUT2D eigenvalue weighted by molar-refractivity contribution is 0.0995. The standard InChI is InChI=1S/C9H8BrN3O3S/c1-15-4-7-11-9(17-13-7)12-8(14)5-2-3-6(10)16-5/h2-3H,4H2,1H3,(H,11,12,13,14). The van der Waals surface area contributed by atoms with E-state index >= 15 is 0 Å². The van der Waals surface area contributed by atoms with Crippen molar-refractivity contribution in [2.24, 2.45) is 0 Å². The summed E-state index contributed by atoms with van der Waals surface area (Å²) in [5, 5.41) is 3.00. The van der Waals surface area contributed by atoms with Gasteiger partial charge >= 0.3 is 0 Å². The van der Waals surface area contributed by atoms with Crippen molar-refractivity contribution in [2.45, 2.75) is 6.61 Å². The van der Waals surface area contributed by atoms with Crippen LogP contribution in [-0.2, 0) is 11.3 Å². The fourth-order valence-electron chi connectivity index (χ4n) is 1.09. The minimum atomic E-state index is -0.365. The molecule has 0 fully saturated rings. The highest BCUT2D eigenvalue weighted by Crippen LogP contribution is 2.17. The van der Waals surface area contributed by atoms with E-state index in [9.17, 15) is 4.79 Å². The van der Waals surface area contributed by atoms with E-state index in [1.807, 2.05) is 0 Å². The lowest BCUT2D eigenvalue weighted by Gasteiger charge is -1.96. The number of carbonyl (C=O) groups excluding carboxylic acids is 1. The first-order valence-corrected chi connectivity index (χ1v) is 6.14. The van der Waals surface area contributed by atoms with Gasteiger partial charge in [0.15, 0.2) is 16.3 Å². The number of carbonyl (C=O) groups is 1. The first-order valence-electron chi connectivity index (χ1n) is 4.57. The maximum absolute atomic E-state index is 11.7. The number of aromatic nitrogens is 2. The molecule has 2 rings (SSSR count). The summed E-state index contributed by atoms with van der Waals surface area (Å²) >= 11 is 4.21. The molecule has 0 aliphatic rings. The molecule has 17 heavy (non-hydrogen) atoms. The number of ether oxygens (including phenoxy) is 1. The number of amides is 1. The van der Waals surface area contributed by atoms with Crippen LogP contribution >= 0.6 is 27.5 Å². The average molecular weight is 318 g/mol. The highest BCUT2D eigenvalue weighted by molar-refractivity contribution is 9.10. The topological polar surface area (TPSA) is 77.2 Å². The van der Waals surface area contributed by atoms with E-state index in [0.29, 0.717) is 22.2 Å². The molecule has 0 bridgehead atoms. The Morgan fingerprint density at radius 3 is 3.12 bits per heavy atom. The molecule has 2 aromatic rings. The molecule has 1 amide bonds. The zero-order chi connectivity index (χ0) is 12.3. The Morgan fingerprint density at radius 1 is 1.65 bits per heavy atom. The molecule has 0 aliphatic carbocycles. The van der Waals surface area contributed by atoms with Gasteiger partial charge in [-0.15, -0.1) is 0 Å². The third kappa shape index (κ3) is 3.11. The van der Waals surface area contributed by atoms with E-state index in [4.69, 9.17) is 9.15 Å². The quantitative estimate of drug-likeness (QED) is 0.936. The molecule has 1 N–H and O–H groups in total. The average Bonchev–Trinajstić information content (AvgIpc) is 2.88. The third-order valence-corrected chi connectivity index (χ3v) is 2.85. The second-order valence-electron chi connectivity index (χ2n) is 3.01. The van der Waals surface area contributed by atoms with Crippen LogP contribution < -0.4 is 5.32 Å². The highest BCUT2D eigenvalue weighted by Gasteiger charge is 2.13. The second kappa shape index (κ2) is 5.39. The van der Waals surface area contributed by atoms with Gasteiger partial charge < -0.3 is 9.15 Å². The van der Waals surface area contributed by atoms with Gasteiger partial charge in [0, 0.05) is 18.6 Å². The van der Waals surface area contributed by atoms with Gasteiger partial charge in [0.25, 0.3) is 5.91 Å². The predicted octanol–water partition coefficient (Wildman–Crippen LogP) is 2.29. The third-order valence-electron chi connectivity index (χ3n) is 1.76. The van der Waals surface area contributed by atoms with Gasteiger partial charge in [-0.2, -0.15) is 4.37 Å². The fourth-order valence-corrected chi connectivity index (χ4v) is 1.96. The molecule has 0 radical (unpaired) electrons. The van der Waals surface area contributed by atoms with Crippen LogP contribution in [0.15, 0.2) is 21.2 Å². The molecule has 2 aromatic heterocycles. The highest BCUT2D eigenvalue weighted by atomic mass is 79.9. The lowest BCUT2D eigenvalue weighted by atomic mass is 10.4. The van der Waals surface area contributed by atoms with Gasteiger partial charge in [-0.3, -0.25) is 10.1 Å². The second-order valence-corrected chi connectivity index (χ2v) is 4.54. The molecule has 0 spiro atoms. The summed E-state index contributed by atoms with van der Waals surface area (Å²) in [5.41, 5.74) is 0. The van der Waals surface area contributed by atoms with Gasteiger partial charge in [-0.1, -0.05) is 0 Å². The predicted molar refractivity (Wildman–Crippen MR) is 65.0 cm³/mol. The van der Waals surface area contributed by atoms with E-state index in [1.165, 1.54) is 0 Å². The Bertz CT molecular complexity index is 525. The van der Waals surface area contributed by atoms with Crippen molar-refractivity contribution in [2.75, 3.05) is 12.4 Å². The maximum Gasteiger partial charge on any atom is 0.293 e. The molecule has 90 valence electrons. The maximum atomic E-state index is 11.7. The smallest absolute Gasteiger partial charge is 0.293 e. The summed E-state index contributed by atoms with van der Waals surface area (Å²) in [6, 6.07) is 3.21. The Labute approximate surface area is 109 Å². The monoisotopic (exact) mass is 317 g/mol. The molecule has 0 atom stereocenters. The molecule has 8 heteroatoms. The molecule has 2 heterocycles. The number of rotatable bonds is 4. The first kappa shape index (κ1) is 12.2. The number of nitrogens with one attached hydrogen (secondary N) is 1. The van der Waals surface area contributed by atoms with Crippen molar-refractivity contribution in [3.05, 3.63) is 28.4 Å². The van der Waals surface area contributed by atoms with Crippen LogP contribution in [0.5, 0.6) is 0 Å². The summed E-state index contributed by atoms with van der Waals surface area (Å²) in [6.07, 6.45) is 0. The lowest BCUT2D eigenvalue weighted by Crippen LogP contribution is -2.10. The van der Waals surface area contributed by atoms with Gasteiger partial charge in [0.2, 0.25) is 5.13 Å². The molecule has 0 unspecified atom stereocenters. The zero-order valence-electron chi connectivity index (χ0n) is 8.77. The van der Waals surface area contributed by atoms with Crippen molar-refractivity contribution < 1.29 is 13.9 Å². The van der Waals surface area contributed by atoms with E-state index in [0.717, 1.165) is 11.5 Å². The molecule has 0 saturated carbocycles. The Morgan fingerprint density at radius 2 is 2.47 bits per heavy atom. The number of hydrogen-bond acceptors (Lipinski definition) is 6. The summed E-state index contributed by atoms with van der Waals surface area (Å²) in [5.74, 6) is 0.379. The SMILES string of the molecule is COCc1nsc(NC(=O)c2ccc(Br)o2)n1. The van der Waals surface area contributed by atoms with Gasteiger partial charge in [-0.25, -0.2) is 4.98 Å². The molecule has 6 nitrogen and oxygen atoms in total. The van der Waals surface area contributed by atoms with Crippen LogP contribution in [0.2, 0.25) is 0 Å². The minimum absolute atomic E-state index is 0.209. The summed E-state index contributed by atoms with van der Waals surface area (Å²) in [7, 11) is 1.56. The summed E-state index contributed by atoms with van der Waals surface area (Å²) < 4.78 is 14.5. The van der Waals surface area contributed by atoms with Crippen molar-refractivity contribution in [3.8, 4) is 0 Å². The first-order chi connectivity index (χ1) is 8.19. The van der Waals surface area contributed by atoms with Crippen molar-refractivity contribution in [1.82, 2.24) is 9.36 Å². The van der Waals surface area contributed by atoms with Gasteiger partial charge in [-0.05, 0) is 28.1 Å². The Balaban J connectivity index is 2.02. The summed E-state index contributed by atoms with van der Waals surface area (Å²) in [4.78, 5) is 15.7. The number of nitrogens with zero attached hydrogens (tertiary/aromatic N) is 2. The Hall–Kier alpha value is -1.25. The van der Waals surface area contributed by atoms with Crippen molar-refractivity contribution in [1.29, 1.82) is 0 Å². The van der Waals surface area contributed by atoms with Crippen LogP contribution in [0.3, 0.4) is 0 Å². The van der Waals surface area contributed by atoms with E-state index in [-0.39, 0.29) is 11.7 Å². The van der Waals surface area contributed by atoms with Gasteiger partial charge in [0.1, 0.15) is 6.61 Å². The molecule has 0 aliphatic heterocycles. The van der Waals surface area contributed by atoms with E-state index < -0.39 is 0 Å². The minimum Gasteiger partial charge on any atom is -0.444 e. The number of halogens is 1. The van der Waals surface area contributed by atoms with E-state index in [2.05, 4.69) is 30.6 Å². The number of methoxy groups -OCH3 is 1. The molecular formula is C9H8BrN3O3S. The fraction of sp³-hybridized carbons (Fsp3) is 0.222. The molecular weight excluding hydrogens is 310 g/mol. The van der Waals surface area contributed by atoms with Crippen LogP contribution in [0, 0.1) is 0 Å².